The molecule has 2 rings (SSSR count). The first-order valence-electron chi connectivity index (χ1n) is 3.44. The van der Waals surface area contributed by atoms with Crippen LogP contribution < -0.4 is 5.73 Å². The Labute approximate surface area is 77.8 Å². The standard InChI is InChI=1S/C8H6BrN3/c9-7-5(10)4-12-6-2-1-3-11-8(6)7/h1-4H,10H2. The molecule has 0 aliphatic rings. The molecular weight excluding hydrogens is 218 g/mol. The number of nitrogens with two attached hydrogens (primary N) is 1. The monoisotopic (exact) mass is 223 g/mol. The maximum atomic E-state index is 5.64. The number of pyridine rings is 2. The zero-order valence-corrected chi connectivity index (χ0v) is 7.75. The molecule has 4 heteroatoms. The lowest BCUT2D eigenvalue weighted by molar-refractivity contribution is 1.33. The number of nitrogens with zero attached hydrogens (tertiary/aromatic N) is 2. The summed E-state index contributed by atoms with van der Waals surface area (Å²) >= 11 is 3.35. The van der Waals surface area contributed by atoms with Gasteiger partial charge in [-0.3, -0.25) is 9.97 Å². The Morgan fingerprint density at radius 2 is 2.17 bits per heavy atom. The van der Waals surface area contributed by atoms with Gasteiger partial charge in [0.1, 0.15) is 5.52 Å². The molecule has 0 saturated heterocycles. The first kappa shape index (κ1) is 7.49. The largest absolute Gasteiger partial charge is 0.396 e. The molecule has 0 aliphatic carbocycles. The molecule has 0 amide bonds. The molecule has 0 aromatic carbocycles. The smallest absolute Gasteiger partial charge is 0.105 e. The third-order valence-electron chi connectivity index (χ3n) is 1.59. The molecule has 0 spiro atoms. The van der Waals surface area contributed by atoms with Gasteiger partial charge < -0.3 is 5.73 Å². The second-order valence-corrected chi connectivity index (χ2v) is 3.19. The molecule has 0 bridgehead atoms. The molecule has 0 atom stereocenters. The van der Waals surface area contributed by atoms with Gasteiger partial charge in [0.2, 0.25) is 0 Å². The summed E-state index contributed by atoms with van der Waals surface area (Å²) in [4.78, 5) is 8.28. The fourth-order valence-corrected chi connectivity index (χ4v) is 1.41. The lowest BCUT2D eigenvalue weighted by atomic mass is 10.3. The molecule has 3 nitrogen and oxygen atoms in total. The summed E-state index contributed by atoms with van der Waals surface area (Å²) in [6.45, 7) is 0. The van der Waals surface area contributed by atoms with E-state index in [0.29, 0.717) is 5.69 Å². The second-order valence-electron chi connectivity index (χ2n) is 2.40. The van der Waals surface area contributed by atoms with E-state index in [1.165, 1.54) is 0 Å². The van der Waals surface area contributed by atoms with Crippen molar-refractivity contribution in [2.24, 2.45) is 0 Å². The van der Waals surface area contributed by atoms with E-state index >= 15 is 0 Å². The van der Waals surface area contributed by atoms with E-state index in [1.807, 2.05) is 12.1 Å². The highest BCUT2D eigenvalue weighted by Gasteiger charge is 2.02. The minimum Gasteiger partial charge on any atom is -0.396 e. The number of hydrogen-bond donors (Lipinski definition) is 1. The van der Waals surface area contributed by atoms with E-state index in [2.05, 4.69) is 25.9 Å². The lowest BCUT2D eigenvalue weighted by Gasteiger charge is -2.00. The summed E-state index contributed by atoms with van der Waals surface area (Å²) in [6, 6.07) is 3.74. The van der Waals surface area contributed by atoms with Crippen LogP contribution in [0.1, 0.15) is 0 Å². The molecule has 2 aromatic rings. The first-order chi connectivity index (χ1) is 5.79. The Hall–Kier alpha value is -1.16. The summed E-state index contributed by atoms with van der Waals surface area (Å²) in [5.74, 6) is 0. The number of anilines is 1. The van der Waals surface area contributed by atoms with Crippen molar-refractivity contribution in [3.63, 3.8) is 0 Å². The minimum atomic E-state index is 0.612. The van der Waals surface area contributed by atoms with Gasteiger partial charge >= 0.3 is 0 Å². The number of halogens is 1. The summed E-state index contributed by atoms with van der Waals surface area (Å²) in [5.41, 5.74) is 7.90. The Balaban J connectivity index is 2.91. The Morgan fingerprint density at radius 1 is 1.33 bits per heavy atom. The summed E-state index contributed by atoms with van der Waals surface area (Å²) < 4.78 is 0.813. The van der Waals surface area contributed by atoms with Gasteiger partial charge in [-0.2, -0.15) is 0 Å². The van der Waals surface area contributed by atoms with Gasteiger partial charge in [-0.1, -0.05) is 0 Å². The fourth-order valence-electron chi connectivity index (χ4n) is 1.00. The van der Waals surface area contributed by atoms with Crippen molar-refractivity contribution in [1.82, 2.24) is 9.97 Å². The van der Waals surface area contributed by atoms with Crippen molar-refractivity contribution in [2.45, 2.75) is 0 Å². The molecule has 12 heavy (non-hydrogen) atoms. The van der Waals surface area contributed by atoms with E-state index in [0.717, 1.165) is 15.5 Å². The van der Waals surface area contributed by atoms with Crippen LogP contribution in [0.25, 0.3) is 11.0 Å². The molecule has 0 radical (unpaired) electrons. The van der Waals surface area contributed by atoms with Gasteiger partial charge in [0.25, 0.3) is 0 Å². The molecule has 2 aromatic heterocycles. The number of fused-ring (bicyclic) bond motifs is 1. The molecule has 2 heterocycles. The number of aromatic nitrogens is 2. The van der Waals surface area contributed by atoms with Crippen molar-refractivity contribution in [2.75, 3.05) is 5.73 Å². The highest BCUT2D eigenvalue weighted by Crippen LogP contribution is 2.25. The Morgan fingerprint density at radius 3 is 3.00 bits per heavy atom. The van der Waals surface area contributed by atoms with Crippen molar-refractivity contribution in [1.29, 1.82) is 0 Å². The van der Waals surface area contributed by atoms with Gasteiger partial charge in [0.05, 0.1) is 21.9 Å². The van der Waals surface area contributed by atoms with Crippen molar-refractivity contribution < 1.29 is 0 Å². The van der Waals surface area contributed by atoms with Crippen LogP contribution in [-0.2, 0) is 0 Å². The molecule has 60 valence electrons. The van der Waals surface area contributed by atoms with Crippen LogP contribution in [0.15, 0.2) is 29.0 Å². The first-order valence-corrected chi connectivity index (χ1v) is 4.23. The minimum absolute atomic E-state index is 0.612. The quantitative estimate of drug-likeness (QED) is 0.744. The van der Waals surface area contributed by atoms with Crippen LogP contribution in [0.5, 0.6) is 0 Å². The van der Waals surface area contributed by atoms with Gasteiger partial charge in [0, 0.05) is 6.20 Å². The fraction of sp³-hybridized carbons (Fsp3) is 0. The van der Waals surface area contributed by atoms with Crippen molar-refractivity contribution in [3.05, 3.63) is 29.0 Å². The SMILES string of the molecule is Nc1cnc2cccnc2c1Br. The van der Waals surface area contributed by atoms with E-state index in [1.54, 1.807) is 12.4 Å². The molecule has 0 unspecified atom stereocenters. The predicted octanol–water partition coefficient (Wildman–Crippen LogP) is 1.97. The molecular formula is C8H6BrN3. The number of hydrogen-bond acceptors (Lipinski definition) is 3. The van der Waals surface area contributed by atoms with Crippen LogP contribution in [-0.4, -0.2) is 9.97 Å². The van der Waals surface area contributed by atoms with E-state index in [-0.39, 0.29) is 0 Å². The average Bonchev–Trinajstić information content (AvgIpc) is 2.12. The summed E-state index contributed by atoms with van der Waals surface area (Å²) in [5, 5.41) is 0. The zero-order chi connectivity index (χ0) is 8.55. The molecule has 0 aliphatic heterocycles. The van der Waals surface area contributed by atoms with Crippen LogP contribution in [0.3, 0.4) is 0 Å². The van der Waals surface area contributed by atoms with Crippen LogP contribution in [0, 0.1) is 0 Å². The average molecular weight is 224 g/mol. The zero-order valence-electron chi connectivity index (χ0n) is 6.16. The summed E-state index contributed by atoms with van der Waals surface area (Å²) in [7, 11) is 0. The number of rotatable bonds is 0. The van der Waals surface area contributed by atoms with Crippen LogP contribution >= 0.6 is 15.9 Å². The van der Waals surface area contributed by atoms with Gasteiger partial charge in [-0.05, 0) is 28.1 Å². The van der Waals surface area contributed by atoms with Gasteiger partial charge in [-0.25, -0.2) is 0 Å². The summed E-state index contributed by atoms with van der Waals surface area (Å²) in [6.07, 6.45) is 3.34. The Bertz CT molecular complexity index is 428. The highest BCUT2D eigenvalue weighted by molar-refractivity contribution is 9.10. The second kappa shape index (κ2) is 2.71. The lowest BCUT2D eigenvalue weighted by Crippen LogP contribution is -1.91. The van der Waals surface area contributed by atoms with Crippen LogP contribution in [0.2, 0.25) is 0 Å². The van der Waals surface area contributed by atoms with Crippen molar-refractivity contribution in [3.8, 4) is 0 Å². The van der Waals surface area contributed by atoms with Crippen molar-refractivity contribution >= 4 is 32.7 Å². The maximum Gasteiger partial charge on any atom is 0.105 e. The van der Waals surface area contributed by atoms with Gasteiger partial charge in [-0.15, -0.1) is 0 Å². The van der Waals surface area contributed by atoms with Crippen LogP contribution in [0.4, 0.5) is 5.69 Å². The van der Waals surface area contributed by atoms with E-state index in [4.69, 9.17) is 5.73 Å². The maximum absolute atomic E-state index is 5.64. The van der Waals surface area contributed by atoms with Gasteiger partial charge in [0.15, 0.2) is 0 Å². The third kappa shape index (κ3) is 1.04. The molecule has 0 saturated carbocycles. The predicted molar refractivity (Wildman–Crippen MR) is 51.7 cm³/mol. The third-order valence-corrected chi connectivity index (χ3v) is 2.42. The number of nitrogen functional groups attached to an aromatic ring is 1. The topological polar surface area (TPSA) is 51.8 Å². The molecule has 2 N–H and O–H groups in total. The molecule has 0 fully saturated rings. The normalized spacial score (nSPS) is 10.4. The Kier molecular flexibility index (Phi) is 1.69. The van der Waals surface area contributed by atoms with E-state index in [9.17, 15) is 0 Å². The highest BCUT2D eigenvalue weighted by atomic mass is 79.9. The van der Waals surface area contributed by atoms with E-state index < -0.39 is 0 Å².